The molecule has 2 aromatic heterocycles. The van der Waals surface area contributed by atoms with Gasteiger partial charge in [-0.15, -0.1) is 0 Å². The van der Waals surface area contributed by atoms with Gasteiger partial charge in [-0.2, -0.15) is 4.98 Å². The van der Waals surface area contributed by atoms with Crippen molar-refractivity contribution in [1.29, 1.82) is 0 Å². The molecule has 0 bridgehead atoms. The first kappa shape index (κ1) is 12.2. The Morgan fingerprint density at radius 1 is 1.33 bits per heavy atom. The summed E-state index contributed by atoms with van der Waals surface area (Å²) in [4.78, 5) is 8.32. The molecule has 0 fully saturated rings. The highest BCUT2D eigenvalue weighted by molar-refractivity contribution is 5.61. The molecule has 2 heterocycles. The van der Waals surface area contributed by atoms with Crippen molar-refractivity contribution in [2.45, 2.75) is 6.42 Å². The summed E-state index contributed by atoms with van der Waals surface area (Å²) < 4.78 is 5.06. The van der Waals surface area contributed by atoms with Gasteiger partial charge in [0.25, 0.3) is 0 Å². The average Bonchev–Trinajstić information content (AvgIpc) is 2.42. The van der Waals surface area contributed by atoms with Gasteiger partial charge in [-0.3, -0.25) is 4.98 Å². The fourth-order valence-corrected chi connectivity index (χ4v) is 1.58. The number of hydrogen-bond acceptors (Lipinski definition) is 5. The van der Waals surface area contributed by atoms with Crippen molar-refractivity contribution in [3.05, 3.63) is 42.2 Å². The van der Waals surface area contributed by atoms with Crippen LogP contribution in [0.3, 0.4) is 0 Å². The fourth-order valence-electron chi connectivity index (χ4n) is 1.58. The Labute approximate surface area is 106 Å². The molecule has 0 aromatic carbocycles. The summed E-state index contributed by atoms with van der Waals surface area (Å²) in [5.41, 5.74) is 7.62. The van der Waals surface area contributed by atoms with E-state index in [2.05, 4.69) is 15.3 Å². The number of nitrogens with one attached hydrogen (secondary N) is 1. The normalized spacial score (nSPS) is 10.1. The summed E-state index contributed by atoms with van der Waals surface area (Å²) in [5.74, 6) is 1.20. The Kier molecular flexibility index (Phi) is 3.96. The smallest absolute Gasteiger partial charge is 0.215 e. The fraction of sp³-hybridized carbons (Fsp3) is 0.231. The van der Waals surface area contributed by atoms with E-state index in [1.54, 1.807) is 25.4 Å². The third-order valence-corrected chi connectivity index (χ3v) is 2.54. The van der Waals surface area contributed by atoms with Crippen LogP contribution in [-0.2, 0) is 6.42 Å². The van der Waals surface area contributed by atoms with Crippen molar-refractivity contribution in [2.24, 2.45) is 0 Å². The molecule has 5 heteroatoms. The summed E-state index contributed by atoms with van der Waals surface area (Å²) in [5, 5.41) is 3.19. The van der Waals surface area contributed by atoms with Crippen molar-refractivity contribution in [1.82, 2.24) is 9.97 Å². The Bertz CT molecular complexity index is 502. The number of anilines is 2. The van der Waals surface area contributed by atoms with Crippen molar-refractivity contribution in [2.75, 3.05) is 24.7 Å². The standard InChI is InChI=1S/C13H16N4O/c1-18-12-5-4-11(14)13(17-12)16-8-6-10-3-2-7-15-9-10/h2-5,7,9H,6,8,14H2,1H3,(H,16,17). The third-order valence-electron chi connectivity index (χ3n) is 2.54. The van der Waals surface area contributed by atoms with E-state index in [0.29, 0.717) is 17.4 Å². The van der Waals surface area contributed by atoms with Crippen LogP contribution < -0.4 is 15.8 Å². The Balaban J connectivity index is 1.94. The Hall–Kier alpha value is -2.30. The highest BCUT2D eigenvalue weighted by Gasteiger charge is 2.02. The second-order valence-corrected chi connectivity index (χ2v) is 3.83. The van der Waals surface area contributed by atoms with Gasteiger partial charge in [0, 0.05) is 25.0 Å². The Morgan fingerprint density at radius 2 is 2.22 bits per heavy atom. The van der Waals surface area contributed by atoms with E-state index in [4.69, 9.17) is 10.5 Å². The summed E-state index contributed by atoms with van der Waals surface area (Å²) in [6.45, 7) is 0.746. The van der Waals surface area contributed by atoms with Crippen LogP contribution in [0.2, 0.25) is 0 Å². The van der Waals surface area contributed by atoms with Gasteiger partial charge in [-0.1, -0.05) is 6.07 Å². The minimum absolute atomic E-state index is 0.549. The number of aromatic nitrogens is 2. The lowest BCUT2D eigenvalue weighted by atomic mass is 10.2. The number of methoxy groups -OCH3 is 1. The van der Waals surface area contributed by atoms with Crippen molar-refractivity contribution >= 4 is 11.5 Å². The van der Waals surface area contributed by atoms with Crippen LogP contribution in [0, 0.1) is 0 Å². The van der Waals surface area contributed by atoms with Crippen molar-refractivity contribution < 1.29 is 4.74 Å². The predicted molar refractivity (Wildman–Crippen MR) is 71.6 cm³/mol. The van der Waals surface area contributed by atoms with Gasteiger partial charge in [0.05, 0.1) is 12.8 Å². The van der Waals surface area contributed by atoms with E-state index >= 15 is 0 Å². The molecule has 0 amide bonds. The third kappa shape index (κ3) is 3.10. The second kappa shape index (κ2) is 5.86. The summed E-state index contributed by atoms with van der Waals surface area (Å²) in [7, 11) is 1.58. The molecule has 0 saturated carbocycles. The Morgan fingerprint density at radius 3 is 2.94 bits per heavy atom. The molecule has 0 unspecified atom stereocenters. The van der Waals surface area contributed by atoms with Crippen LogP contribution in [0.1, 0.15) is 5.56 Å². The van der Waals surface area contributed by atoms with E-state index in [9.17, 15) is 0 Å². The van der Waals surface area contributed by atoms with E-state index in [1.807, 2.05) is 18.3 Å². The molecular formula is C13H16N4O. The number of nitrogen functional groups attached to an aromatic ring is 1. The first-order valence-corrected chi connectivity index (χ1v) is 5.73. The maximum absolute atomic E-state index is 5.83. The molecule has 0 spiro atoms. The molecule has 0 atom stereocenters. The van der Waals surface area contributed by atoms with Crippen LogP contribution in [0.15, 0.2) is 36.7 Å². The van der Waals surface area contributed by atoms with Gasteiger partial charge in [0.1, 0.15) is 0 Å². The average molecular weight is 244 g/mol. The number of ether oxygens (including phenoxy) is 1. The monoisotopic (exact) mass is 244 g/mol. The molecule has 0 radical (unpaired) electrons. The van der Waals surface area contributed by atoms with Gasteiger partial charge >= 0.3 is 0 Å². The number of nitrogens with zero attached hydrogens (tertiary/aromatic N) is 2. The van der Waals surface area contributed by atoms with E-state index in [1.165, 1.54) is 5.56 Å². The van der Waals surface area contributed by atoms with Crippen LogP contribution in [0.25, 0.3) is 0 Å². The molecule has 0 aliphatic carbocycles. The van der Waals surface area contributed by atoms with Crippen LogP contribution in [-0.4, -0.2) is 23.6 Å². The summed E-state index contributed by atoms with van der Waals surface area (Å²) >= 11 is 0. The molecular weight excluding hydrogens is 228 g/mol. The SMILES string of the molecule is COc1ccc(N)c(NCCc2cccnc2)n1. The lowest BCUT2D eigenvalue weighted by Crippen LogP contribution is -2.09. The molecule has 3 N–H and O–H groups in total. The zero-order valence-electron chi connectivity index (χ0n) is 10.3. The van der Waals surface area contributed by atoms with Crippen LogP contribution in [0.5, 0.6) is 5.88 Å². The van der Waals surface area contributed by atoms with Crippen LogP contribution >= 0.6 is 0 Å². The van der Waals surface area contributed by atoms with E-state index in [0.717, 1.165) is 13.0 Å². The predicted octanol–water partition coefficient (Wildman–Crippen LogP) is 1.72. The van der Waals surface area contributed by atoms with E-state index in [-0.39, 0.29) is 0 Å². The molecule has 0 saturated heterocycles. The van der Waals surface area contributed by atoms with Gasteiger partial charge < -0.3 is 15.8 Å². The summed E-state index contributed by atoms with van der Waals surface area (Å²) in [6, 6.07) is 7.48. The maximum atomic E-state index is 5.83. The first-order valence-electron chi connectivity index (χ1n) is 5.73. The minimum Gasteiger partial charge on any atom is -0.481 e. The molecule has 5 nitrogen and oxygen atoms in total. The van der Waals surface area contributed by atoms with Crippen LogP contribution in [0.4, 0.5) is 11.5 Å². The van der Waals surface area contributed by atoms with Gasteiger partial charge in [-0.25, -0.2) is 0 Å². The molecule has 0 aliphatic heterocycles. The second-order valence-electron chi connectivity index (χ2n) is 3.83. The maximum Gasteiger partial charge on any atom is 0.215 e. The number of pyridine rings is 2. The quantitative estimate of drug-likeness (QED) is 0.837. The topological polar surface area (TPSA) is 73.1 Å². The largest absolute Gasteiger partial charge is 0.481 e. The molecule has 2 aromatic rings. The molecule has 2 rings (SSSR count). The first-order chi connectivity index (χ1) is 8.79. The van der Waals surface area contributed by atoms with Crippen molar-refractivity contribution in [3.63, 3.8) is 0 Å². The van der Waals surface area contributed by atoms with E-state index < -0.39 is 0 Å². The molecule has 18 heavy (non-hydrogen) atoms. The number of hydrogen-bond donors (Lipinski definition) is 2. The van der Waals surface area contributed by atoms with Gasteiger partial charge in [0.15, 0.2) is 5.82 Å². The number of nitrogens with two attached hydrogens (primary N) is 1. The van der Waals surface area contributed by atoms with Gasteiger partial charge in [-0.05, 0) is 24.1 Å². The lowest BCUT2D eigenvalue weighted by molar-refractivity contribution is 0.398. The summed E-state index contributed by atoms with van der Waals surface area (Å²) in [6.07, 6.45) is 4.48. The number of rotatable bonds is 5. The molecule has 94 valence electrons. The highest BCUT2D eigenvalue weighted by Crippen LogP contribution is 2.19. The minimum atomic E-state index is 0.549. The lowest BCUT2D eigenvalue weighted by Gasteiger charge is -2.09. The van der Waals surface area contributed by atoms with Gasteiger partial charge in [0.2, 0.25) is 5.88 Å². The zero-order valence-corrected chi connectivity index (χ0v) is 10.3. The highest BCUT2D eigenvalue weighted by atomic mass is 16.5. The van der Waals surface area contributed by atoms with Crippen molar-refractivity contribution in [3.8, 4) is 5.88 Å². The zero-order chi connectivity index (χ0) is 12.8. The molecule has 0 aliphatic rings.